The highest BCUT2D eigenvalue weighted by atomic mass is 16.3. The lowest BCUT2D eigenvalue weighted by Gasteiger charge is -2.36. The van der Waals surface area contributed by atoms with Crippen molar-refractivity contribution in [1.82, 2.24) is 5.32 Å². The number of benzene rings is 1. The van der Waals surface area contributed by atoms with Gasteiger partial charge in [0.1, 0.15) is 0 Å². The van der Waals surface area contributed by atoms with Gasteiger partial charge in [0.05, 0.1) is 11.6 Å². The Hall–Kier alpha value is -1.12. The number of aliphatic hydroxyl groups is 1. The van der Waals surface area contributed by atoms with E-state index in [4.69, 9.17) is 0 Å². The van der Waals surface area contributed by atoms with Crippen molar-refractivity contribution in [3.05, 3.63) is 41.5 Å². The van der Waals surface area contributed by atoms with Crippen LogP contribution < -0.4 is 5.32 Å². The van der Waals surface area contributed by atoms with Crippen molar-refractivity contribution >= 4 is 6.08 Å². The van der Waals surface area contributed by atoms with E-state index in [0.717, 1.165) is 6.42 Å². The predicted molar refractivity (Wildman–Crippen MR) is 62.7 cm³/mol. The van der Waals surface area contributed by atoms with Crippen molar-refractivity contribution in [3.8, 4) is 0 Å². The van der Waals surface area contributed by atoms with Gasteiger partial charge in [-0.15, -0.1) is 0 Å². The van der Waals surface area contributed by atoms with Crippen LogP contribution in [-0.4, -0.2) is 23.8 Å². The molecule has 1 aromatic rings. The summed E-state index contributed by atoms with van der Waals surface area (Å²) in [5, 5.41) is 13.1. The van der Waals surface area contributed by atoms with Crippen molar-refractivity contribution in [2.75, 3.05) is 7.05 Å². The van der Waals surface area contributed by atoms with Gasteiger partial charge in [-0.05, 0) is 31.5 Å². The SMILES string of the molecule is CNC1(C(C)O)C=Cc2ccccc2C1. The lowest BCUT2D eigenvalue weighted by atomic mass is 9.80. The zero-order valence-corrected chi connectivity index (χ0v) is 9.20. The summed E-state index contributed by atoms with van der Waals surface area (Å²) in [6.07, 6.45) is 4.60. The number of aliphatic hydroxyl groups excluding tert-OH is 1. The normalized spacial score (nSPS) is 26.1. The number of fused-ring (bicyclic) bond motifs is 1. The van der Waals surface area contributed by atoms with E-state index in [1.165, 1.54) is 11.1 Å². The van der Waals surface area contributed by atoms with Gasteiger partial charge >= 0.3 is 0 Å². The van der Waals surface area contributed by atoms with Crippen LogP contribution >= 0.6 is 0 Å². The van der Waals surface area contributed by atoms with E-state index in [2.05, 4.69) is 29.6 Å². The monoisotopic (exact) mass is 203 g/mol. The van der Waals surface area contributed by atoms with Gasteiger partial charge < -0.3 is 10.4 Å². The predicted octanol–water partition coefficient (Wildman–Crippen LogP) is 1.59. The molecule has 0 aliphatic heterocycles. The maximum atomic E-state index is 9.84. The fourth-order valence-corrected chi connectivity index (χ4v) is 2.14. The molecule has 0 bridgehead atoms. The van der Waals surface area contributed by atoms with E-state index in [9.17, 15) is 5.11 Å². The minimum absolute atomic E-state index is 0.311. The molecular formula is C13H17NO. The summed E-state index contributed by atoms with van der Waals surface area (Å²) in [6, 6.07) is 8.30. The van der Waals surface area contributed by atoms with Gasteiger partial charge in [-0.2, -0.15) is 0 Å². The molecule has 0 amide bonds. The first kappa shape index (κ1) is 10.4. The molecule has 0 radical (unpaired) electrons. The van der Waals surface area contributed by atoms with Crippen LogP contribution in [0.15, 0.2) is 30.3 Å². The van der Waals surface area contributed by atoms with Gasteiger partial charge in [0.2, 0.25) is 0 Å². The maximum absolute atomic E-state index is 9.84. The van der Waals surface area contributed by atoms with E-state index in [1.807, 2.05) is 26.1 Å². The summed E-state index contributed by atoms with van der Waals surface area (Å²) >= 11 is 0. The van der Waals surface area contributed by atoms with Gasteiger partial charge in [-0.1, -0.05) is 36.4 Å². The summed E-state index contributed by atoms with van der Waals surface area (Å²) in [6.45, 7) is 1.83. The highest BCUT2D eigenvalue weighted by Gasteiger charge is 2.33. The third kappa shape index (κ3) is 1.71. The lowest BCUT2D eigenvalue weighted by Crippen LogP contribution is -2.52. The fraction of sp³-hybridized carbons (Fsp3) is 0.385. The van der Waals surface area contributed by atoms with Gasteiger partial charge in [0.15, 0.2) is 0 Å². The Morgan fingerprint density at radius 1 is 1.40 bits per heavy atom. The topological polar surface area (TPSA) is 32.3 Å². The van der Waals surface area contributed by atoms with Gasteiger partial charge in [-0.25, -0.2) is 0 Å². The number of hydrogen-bond acceptors (Lipinski definition) is 2. The summed E-state index contributed by atoms with van der Waals surface area (Å²) in [5.41, 5.74) is 2.23. The number of hydrogen-bond donors (Lipinski definition) is 2. The molecule has 0 saturated heterocycles. The van der Waals surface area contributed by atoms with Crippen LogP contribution in [0.4, 0.5) is 0 Å². The standard InChI is InChI=1S/C13H17NO/c1-10(15)13(14-2)8-7-11-5-3-4-6-12(11)9-13/h3-8,10,14-15H,9H2,1-2H3. The zero-order valence-electron chi connectivity index (χ0n) is 9.20. The van der Waals surface area contributed by atoms with Crippen molar-refractivity contribution in [2.24, 2.45) is 0 Å². The number of rotatable bonds is 2. The molecule has 2 N–H and O–H groups in total. The second-order valence-corrected chi connectivity index (χ2v) is 4.18. The second kappa shape index (κ2) is 3.80. The van der Waals surface area contributed by atoms with Crippen molar-refractivity contribution in [3.63, 3.8) is 0 Å². The molecule has 2 unspecified atom stereocenters. The van der Waals surface area contributed by atoms with Gasteiger partial charge in [0.25, 0.3) is 0 Å². The molecule has 2 heteroatoms. The van der Waals surface area contributed by atoms with E-state index >= 15 is 0 Å². The molecule has 2 nitrogen and oxygen atoms in total. The minimum atomic E-state index is -0.396. The second-order valence-electron chi connectivity index (χ2n) is 4.18. The molecule has 1 aliphatic rings. The molecule has 0 aromatic heterocycles. The molecular weight excluding hydrogens is 186 g/mol. The van der Waals surface area contributed by atoms with E-state index < -0.39 is 6.10 Å². The summed E-state index contributed by atoms with van der Waals surface area (Å²) in [5.74, 6) is 0. The molecule has 2 rings (SSSR count). The average Bonchev–Trinajstić information content (AvgIpc) is 2.28. The smallest absolute Gasteiger partial charge is 0.0732 e. The van der Waals surface area contributed by atoms with Crippen LogP contribution in [-0.2, 0) is 6.42 Å². The Labute approximate surface area is 90.6 Å². The average molecular weight is 203 g/mol. The largest absolute Gasteiger partial charge is 0.391 e. The van der Waals surface area contributed by atoms with Crippen molar-refractivity contribution in [1.29, 1.82) is 0 Å². The molecule has 15 heavy (non-hydrogen) atoms. The summed E-state index contributed by atoms with van der Waals surface area (Å²) in [7, 11) is 1.89. The van der Waals surface area contributed by atoms with Crippen LogP contribution in [0.2, 0.25) is 0 Å². The first-order valence-corrected chi connectivity index (χ1v) is 5.32. The van der Waals surface area contributed by atoms with E-state index in [1.54, 1.807) is 0 Å². The van der Waals surface area contributed by atoms with Crippen LogP contribution in [0, 0.1) is 0 Å². The highest BCUT2D eigenvalue weighted by Crippen LogP contribution is 2.27. The first-order valence-electron chi connectivity index (χ1n) is 5.32. The summed E-state index contributed by atoms with van der Waals surface area (Å²) < 4.78 is 0. The van der Waals surface area contributed by atoms with E-state index in [-0.39, 0.29) is 5.54 Å². The van der Waals surface area contributed by atoms with Crippen LogP contribution in [0.1, 0.15) is 18.1 Å². The first-order chi connectivity index (χ1) is 7.18. The molecule has 0 spiro atoms. The van der Waals surface area contributed by atoms with E-state index in [0.29, 0.717) is 0 Å². The molecule has 0 fully saturated rings. The third-order valence-corrected chi connectivity index (χ3v) is 3.31. The Kier molecular flexibility index (Phi) is 2.63. The molecule has 1 aromatic carbocycles. The fourth-order valence-electron chi connectivity index (χ4n) is 2.14. The Balaban J connectivity index is 2.39. The summed E-state index contributed by atoms with van der Waals surface area (Å²) in [4.78, 5) is 0. The molecule has 1 aliphatic carbocycles. The highest BCUT2D eigenvalue weighted by molar-refractivity contribution is 5.59. The van der Waals surface area contributed by atoms with Crippen LogP contribution in [0.25, 0.3) is 6.08 Å². The minimum Gasteiger partial charge on any atom is -0.391 e. The lowest BCUT2D eigenvalue weighted by molar-refractivity contribution is 0.108. The molecule has 0 saturated carbocycles. The number of likely N-dealkylation sites (N-methyl/N-ethyl adjacent to an activating group) is 1. The Morgan fingerprint density at radius 3 is 2.80 bits per heavy atom. The van der Waals surface area contributed by atoms with Gasteiger partial charge in [0, 0.05) is 0 Å². The molecule has 80 valence electrons. The van der Waals surface area contributed by atoms with Gasteiger partial charge in [-0.3, -0.25) is 0 Å². The Bertz CT molecular complexity index is 384. The third-order valence-electron chi connectivity index (χ3n) is 3.31. The van der Waals surface area contributed by atoms with Crippen molar-refractivity contribution in [2.45, 2.75) is 25.0 Å². The zero-order chi connectivity index (χ0) is 10.9. The number of nitrogens with one attached hydrogen (secondary N) is 1. The molecule has 2 atom stereocenters. The Morgan fingerprint density at radius 2 is 2.13 bits per heavy atom. The van der Waals surface area contributed by atoms with Crippen molar-refractivity contribution < 1.29 is 5.11 Å². The van der Waals surface area contributed by atoms with Crippen LogP contribution in [0.5, 0.6) is 0 Å². The molecule has 0 heterocycles. The van der Waals surface area contributed by atoms with Crippen LogP contribution in [0.3, 0.4) is 0 Å². The maximum Gasteiger partial charge on any atom is 0.0732 e. The quantitative estimate of drug-likeness (QED) is 0.765.